The Hall–Kier alpha value is -2.21. The Kier molecular flexibility index (Phi) is 8.70. The van der Waals surface area contributed by atoms with E-state index in [-0.39, 0.29) is 26.2 Å². The molecule has 0 aromatic carbocycles. The van der Waals surface area contributed by atoms with Gasteiger partial charge in [0, 0.05) is 0 Å². The van der Waals surface area contributed by atoms with Crippen molar-refractivity contribution in [1.82, 2.24) is 5.32 Å². The van der Waals surface area contributed by atoms with Crippen LogP contribution in [-0.2, 0) is 38.8 Å². The normalized spacial score (nSPS) is 12.0. The molecule has 11 nitrogen and oxygen atoms in total. The van der Waals surface area contributed by atoms with Gasteiger partial charge in [0.2, 0.25) is 12.3 Å². The van der Waals surface area contributed by atoms with E-state index < -0.39 is 39.6 Å². The van der Waals surface area contributed by atoms with Gasteiger partial charge in [0.1, 0.15) is 13.2 Å². The molecular weight excluding hydrogens is 324 g/mol. The first-order chi connectivity index (χ1) is 10.2. The predicted octanol–water partition coefficient (Wildman–Crippen LogP) is -2.66. The molecule has 1 atom stereocenters. The van der Waals surface area contributed by atoms with Gasteiger partial charge >= 0.3 is 11.9 Å². The van der Waals surface area contributed by atoms with Crippen molar-refractivity contribution in [2.45, 2.75) is 18.1 Å². The van der Waals surface area contributed by atoms with E-state index in [2.05, 4.69) is 14.8 Å². The smallest absolute Gasteiger partial charge is 0.327 e. The van der Waals surface area contributed by atoms with Crippen LogP contribution < -0.4 is 11.1 Å². The molecular formula is C10H16N2O9S. The Balaban J connectivity index is 4.52. The summed E-state index contributed by atoms with van der Waals surface area (Å²) in [5, 5.41) is -0.00679. The molecule has 0 heterocycles. The Labute approximate surface area is 125 Å². The summed E-state index contributed by atoms with van der Waals surface area (Å²) in [7, 11) is -4.90. The van der Waals surface area contributed by atoms with Crippen molar-refractivity contribution in [2.24, 2.45) is 5.73 Å². The topological polar surface area (TPSA) is 179 Å². The van der Waals surface area contributed by atoms with Crippen LogP contribution in [0.4, 0.5) is 0 Å². The predicted molar refractivity (Wildman–Crippen MR) is 69.7 cm³/mol. The van der Waals surface area contributed by atoms with Gasteiger partial charge in [-0.2, -0.15) is 8.42 Å². The fraction of sp³-hybridized carbons (Fsp3) is 0.600. The van der Waals surface area contributed by atoms with Gasteiger partial charge in [-0.05, 0) is 0 Å². The van der Waals surface area contributed by atoms with Crippen LogP contribution in [0, 0.1) is 0 Å². The second-order valence-corrected chi connectivity index (χ2v) is 5.48. The van der Waals surface area contributed by atoms with Crippen molar-refractivity contribution in [3.63, 3.8) is 0 Å². The maximum atomic E-state index is 11.5. The molecule has 0 saturated heterocycles. The summed E-state index contributed by atoms with van der Waals surface area (Å²) in [6.07, 6.45) is -0.925. The summed E-state index contributed by atoms with van der Waals surface area (Å²) in [4.78, 5) is 43.2. The quantitative estimate of drug-likeness (QED) is 0.156. The molecule has 0 aliphatic carbocycles. The van der Waals surface area contributed by atoms with E-state index in [4.69, 9.17) is 10.3 Å². The molecule has 0 rings (SSSR count). The standard InChI is InChI=1S/C10H16N2O9S/c11-8(14)1-3-20-9(15)5-7(22(17,18)19)10(16)21-4-2-12-6-13/h6-7H,1-5H2,(H2,11,14)(H,12,13)(H,17,18,19). The fourth-order valence-electron chi connectivity index (χ4n) is 1.15. The summed E-state index contributed by atoms with van der Waals surface area (Å²) >= 11 is 0. The number of hydrogen-bond acceptors (Lipinski definition) is 8. The van der Waals surface area contributed by atoms with Gasteiger partial charge in [-0.1, -0.05) is 0 Å². The molecule has 0 aliphatic rings. The number of esters is 2. The molecule has 0 radical (unpaired) electrons. The Morgan fingerprint density at radius 2 is 1.86 bits per heavy atom. The monoisotopic (exact) mass is 340 g/mol. The van der Waals surface area contributed by atoms with Gasteiger partial charge in [-0.25, -0.2) is 0 Å². The molecule has 4 N–H and O–H groups in total. The van der Waals surface area contributed by atoms with E-state index >= 15 is 0 Å². The highest BCUT2D eigenvalue weighted by atomic mass is 32.2. The molecule has 0 aromatic rings. The number of carbonyl (C=O) groups excluding carboxylic acids is 4. The summed E-state index contributed by atoms with van der Waals surface area (Å²) in [6.45, 7) is -0.804. The van der Waals surface area contributed by atoms with Crippen LogP contribution in [0.1, 0.15) is 12.8 Å². The number of ether oxygens (including phenoxy) is 2. The average molecular weight is 340 g/mol. The number of carbonyl (C=O) groups is 4. The van der Waals surface area contributed by atoms with Crippen molar-refractivity contribution >= 4 is 34.4 Å². The van der Waals surface area contributed by atoms with E-state index in [1.807, 2.05) is 0 Å². The zero-order valence-electron chi connectivity index (χ0n) is 11.4. The molecule has 0 spiro atoms. The number of primary amides is 1. The van der Waals surface area contributed by atoms with Crippen LogP contribution in [0.3, 0.4) is 0 Å². The van der Waals surface area contributed by atoms with Crippen LogP contribution in [0.15, 0.2) is 0 Å². The maximum Gasteiger partial charge on any atom is 0.327 e. The third-order valence-electron chi connectivity index (χ3n) is 2.16. The number of amides is 2. The molecule has 126 valence electrons. The minimum Gasteiger partial charge on any atom is -0.465 e. The molecule has 0 fully saturated rings. The average Bonchev–Trinajstić information content (AvgIpc) is 2.39. The molecule has 1 unspecified atom stereocenters. The Morgan fingerprint density at radius 3 is 2.36 bits per heavy atom. The highest BCUT2D eigenvalue weighted by Crippen LogP contribution is 2.08. The first-order valence-corrected chi connectivity index (χ1v) is 7.42. The molecule has 12 heteroatoms. The van der Waals surface area contributed by atoms with E-state index in [1.165, 1.54) is 0 Å². The van der Waals surface area contributed by atoms with Crippen LogP contribution >= 0.6 is 0 Å². The summed E-state index contributed by atoms with van der Waals surface area (Å²) < 4.78 is 40.1. The first kappa shape index (κ1) is 19.8. The third kappa shape index (κ3) is 8.86. The molecule has 0 bridgehead atoms. The molecule has 2 amide bonds. The Morgan fingerprint density at radius 1 is 1.23 bits per heavy atom. The molecule has 0 saturated carbocycles. The van der Waals surface area contributed by atoms with Crippen LogP contribution in [0.25, 0.3) is 0 Å². The lowest BCUT2D eigenvalue weighted by Gasteiger charge is -2.12. The van der Waals surface area contributed by atoms with E-state index in [0.717, 1.165) is 0 Å². The summed E-state index contributed by atoms with van der Waals surface area (Å²) in [6, 6.07) is 0. The minimum atomic E-state index is -4.90. The number of rotatable bonds is 11. The fourth-order valence-corrected chi connectivity index (χ4v) is 1.81. The van der Waals surface area contributed by atoms with E-state index in [0.29, 0.717) is 6.41 Å². The van der Waals surface area contributed by atoms with Gasteiger partial charge in [0.25, 0.3) is 10.1 Å². The van der Waals surface area contributed by atoms with Gasteiger partial charge in [0.15, 0.2) is 5.25 Å². The number of nitrogens with two attached hydrogens (primary N) is 1. The van der Waals surface area contributed by atoms with Crippen molar-refractivity contribution in [3.05, 3.63) is 0 Å². The Bertz CT molecular complexity index is 516. The van der Waals surface area contributed by atoms with Gasteiger partial charge in [-0.3, -0.25) is 23.7 Å². The molecule has 22 heavy (non-hydrogen) atoms. The van der Waals surface area contributed by atoms with E-state index in [1.54, 1.807) is 0 Å². The van der Waals surface area contributed by atoms with Gasteiger partial charge < -0.3 is 20.5 Å². The zero-order valence-corrected chi connectivity index (χ0v) is 12.2. The number of nitrogens with one attached hydrogen (secondary N) is 1. The zero-order chi connectivity index (χ0) is 17.2. The van der Waals surface area contributed by atoms with Crippen molar-refractivity contribution in [3.8, 4) is 0 Å². The first-order valence-electron chi connectivity index (χ1n) is 5.92. The van der Waals surface area contributed by atoms with Crippen molar-refractivity contribution < 1.29 is 41.6 Å². The summed E-state index contributed by atoms with van der Waals surface area (Å²) in [5.74, 6) is -3.24. The second-order valence-electron chi connectivity index (χ2n) is 3.88. The van der Waals surface area contributed by atoms with Gasteiger partial charge in [-0.15, -0.1) is 0 Å². The minimum absolute atomic E-state index is 0.0729. The highest BCUT2D eigenvalue weighted by molar-refractivity contribution is 7.87. The van der Waals surface area contributed by atoms with Gasteiger partial charge in [0.05, 0.1) is 19.4 Å². The largest absolute Gasteiger partial charge is 0.465 e. The maximum absolute atomic E-state index is 11.5. The lowest BCUT2D eigenvalue weighted by atomic mass is 10.3. The molecule has 0 aliphatic heterocycles. The SMILES string of the molecule is NC(=O)CCOC(=O)CC(C(=O)OCCNC=O)S(=O)(=O)O. The third-order valence-corrected chi connectivity index (χ3v) is 3.24. The van der Waals surface area contributed by atoms with Crippen molar-refractivity contribution in [2.75, 3.05) is 19.8 Å². The van der Waals surface area contributed by atoms with E-state index in [9.17, 15) is 27.6 Å². The van der Waals surface area contributed by atoms with Crippen LogP contribution in [0.2, 0.25) is 0 Å². The lowest BCUT2D eigenvalue weighted by Crippen LogP contribution is -2.35. The van der Waals surface area contributed by atoms with Crippen LogP contribution in [0.5, 0.6) is 0 Å². The highest BCUT2D eigenvalue weighted by Gasteiger charge is 2.35. The number of hydrogen-bond donors (Lipinski definition) is 3. The molecule has 0 aromatic heterocycles. The van der Waals surface area contributed by atoms with Crippen molar-refractivity contribution in [1.29, 1.82) is 0 Å². The lowest BCUT2D eigenvalue weighted by molar-refractivity contribution is -0.150. The van der Waals surface area contributed by atoms with Crippen LogP contribution in [-0.4, -0.2) is 62.2 Å². The second kappa shape index (κ2) is 9.68. The summed E-state index contributed by atoms with van der Waals surface area (Å²) in [5.41, 5.74) is 4.81.